The number of amides is 1. The minimum Gasteiger partial charge on any atom is -0.497 e. The van der Waals surface area contributed by atoms with Gasteiger partial charge in [-0.2, -0.15) is 0 Å². The van der Waals surface area contributed by atoms with Crippen molar-refractivity contribution in [1.29, 1.82) is 0 Å². The zero-order chi connectivity index (χ0) is 16.5. The summed E-state index contributed by atoms with van der Waals surface area (Å²) in [7, 11) is 1.65. The average molecular weight is 345 g/mol. The molecule has 6 nitrogen and oxygen atoms in total. The summed E-state index contributed by atoms with van der Waals surface area (Å²) in [5, 5.41) is 3.88. The van der Waals surface area contributed by atoms with Crippen molar-refractivity contribution in [3.05, 3.63) is 34.7 Å². The number of methoxy groups -OCH3 is 1. The second kappa shape index (κ2) is 6.41. The third-order valence-electron chi connectivity index (χ3n) is 4.41. The van der Waals surface area contributed by atoms with Crippen molar-refractivity contribution >= 4 is 28.2 Å². The summed E-state index contributed by atoms with van der Waals surface area (Å²) in [6, 6.07) is 7.93. The molecule has 126 valence electrons. The number of ether oxygens (including phenoxy) is 2. The van der Waals surface area contributed by atoms with Gasteiger partial charge in [0, 0.05) is 25.4 Å². The third-order valence-corrected chi connectivity index (χ3v) is 5.64. The standard InChI is InChI=1S/C17H19N3O3S/c1-22-12-4-2-11(3-5-12)13-10-14(21)18-16-15(13)24-17(19-16)20-6-8-23-9-7-20/h2-5,13H,6-10H2,1H3,(H,18,21)/t13-/m1/s1. The number of morpholine rings is 1. The van der Waals surface area contributed by atoms with E-state index in [-0.39, 0.29) is 11.8 Å². The van der Waals surface area contributed by atoms with Crippen LogP contribution < -0.4 is 15.0 Å². The van der Waals surface area contributed by atoms with Crippen molar-refractivity contribution in [2.75, 3.05) is 43.6 Å². The molecule has 1 aromatic carbocycles. The van der Waals surface area contributed by atoms with Crippen molar-refractivity contribution in [2.24, 2.45) is 0 Å². The predicted octanol–water partition coefficient (Wildman–Crippen LogP) is 2.46. The van der Waals surface area contributed by atoms with Gasteiger partial charge in [0.25, 0.3) is 0 Å². The number of hydrogen-bond acceptors (Lipinski definition) is 6. The first-order valence-corrected chi connectivity index (χ1v) is 8.83. The topological polar surface area (TPSA) is 63.7 Å². The Morgan fingerprint density at radius 3 is 2.75 bits per heavy atom. The van der Waals surface area contributed by atoms with Crippen LogP contribution in [-0.4, -0.2) is 44.3 Å². The SMILES string of the molecule is COc1ccc([C@H]2CC(=O)Nc3nc(N4CCOCC4)sc32)cc1. The predicted molar refractivity (Wildman–Crippen MR) is 93.2 cm³/mol. The number of carbonyl (C=O) groups excluding carboxylic acids is 1. The maximum absolute atomic E-state index is 12.1. The first kappa shape index (κ1) is 15.4. The summed E-state index contributed by atoms with van der Waals surface area (Å²) in [5.74, 6) is 1.59. The Morgan fingerprint density at radius 2 is 2.04 bits per heavy atom. The second-order valence-electron chi connectivity index (χ2n) is 5.89. The molecule has 1 atom stereocenters. The number of thiazole rings is 1. The number of rotatable bonds is 3. The molecular formula is C17H19N3O3S. The zero-order valence-corrected chi connectivity index (χ0v) is 14.3. The zero-order valence-electron chi connectivity index (χ0n) is 13.4. The molecule has 0 spiro atoms. The van der Waals surface area contributed by atoms with Gasteiger partial charge in [-0.1, -0.05) is 23.5 Å². The molecule has 0 bridgehead atoms. The second-order valence-corrected chi connectivity index (χ2v) is 6.90. The van der Waals surface area contributed by atoms with Crippen LogP contribution in [0.5, 0.6) is 5.75 Å². The largest absolute Gasteiger partial charge is 0.497 e. The summed E-state index contributed by atoms with van der Waals surface area (Å²) >= 11 is 1.67. The van der Waals surface area contributed by atoms with Crippen molar-refractivity contribution in [1.82, 2.24) is 4.98 Å². The van der Waals surface area contributed by atoms with E-state index >= 15 is 0 Å². The van der Waals surface area contributed by atoms with E-state index < -0.39 is 0 Å². The molecule has 7 heteroatoms. The van der Waals surface area contributed by atoms with Crippen LogP contribution in [0.4, 0.5) is 10.9 Å². The molecule has 2 aliphatic rings. The molecule has 2 aliphatic heterocycles. The van der Waals surface area contributed by atoms with Gasteiger partial charge in [0.1, 0.15) is 11.6 Å². The van der Waals surface area contributed by atoms with E-state index in [1.165, 1.54) is 0 Å². The van der Waals surface area contributed by atoms with Gasteiger partial charge in [-0.3, -0.25) is 4.79 Å². The number of nitrogens with one attached hydrogen (secondary N) is 1. The highest BCUT2D eigenvalue weighted by Crippen LogP contribution is 2.43. The van der Waals surface area contributed by atoms with Crippen molar-refractivity contribution in [2.45, 2.75) is 12.3 Å². The molecule has 24 heavy (non-hydrogen) atoms. The van der Waals surface area contributed by atoms with Gasteiger partial charge >= 0.3 is 0 Å². The Morgan fingerprint density at radius 1 is 1.29 bits per heavy atom. The number of aromatic nitrogens is 1. The molecular weight excluding hydrogens is 326 g/mol. The first-order chi connectivity index (χ1) is 11.7. The monoisotopic (exact) mass is 345 g/mol. The lowest BCUT2D eigenvalue weighted by Crippen LogP contribution is -2.36. The van der Waals surface area contributed by atoms with E-state index in [9.17, 15) is 4.79 Å². The number of hydrogen-bond donors (Lipinski definition) is 1. The maximum Gasteiger partial charge on any atom is 0.226 e. The van der Waals surface area contributed by atoms with Crippen molar-refractivity contribution in [3.8, 4) is 5.75 Å². The fourth-order valence-corrected chi connectivity index (χ4v) is 4.30. The number of benzene rings is 1. The molecule has 1 saturated heterocycles. The van der Waals surface area contributed by atoms with Gasteiger partial charge in [0.05, 0.1) is 25.2 Å². The summed E-state index contributed by atoms with van der Waals surface area (Å²) in [4.78, 5) is 20.1. The molecule has 0 saturated carbocycles. The molecule has 2 aromatic rings. The molecule has 1 aromatic heterocycles. The highest BCUT2D eigenvalue weighted by Gasteiger charge is 2.31. The van der Waals surface area contributed by atoms with Crippen LogP contribution in [0.25, 0.3) is 0 Å². The molecule has 0 radical (unpaired) electrons. The third kappa shape index (κ3) is 2.85. The van der Waals surface area contributed by atoms with Crippen LogP contribution >= 0.6 is 11.3 Å². The Kier molecular flexibility index (Phi) is 4.12. The lowest BCUT2D eigenvalue weighted by Gasteiger charge is -2.26. The Labute approximate surface area is 144 Å². The van der Waals surface area contributed by atoms with Gasteiger partial charge in [0.2, 0.25) is 5.91 Å². The molecule has 3 heterocycles. The maximum atomic E-state index is 12.1. The summed E-state index contributed by atoms with van der Waals surface area (Å²) in [6.07, 6.45) is 0.448. The molecule has 0 unspecified atom stereocenters. The van der Waals surface area contributed by atoms with E-state index in [4.69, 9.17) is 9.47 Å². The normalized spacial score (nSPS) is 20.5. The fourth-order valence-electron chi connectivity index (χ4n) is 3.10. The molecule has 1 amide bonds. The number of anilines is 2. The lowest BCUT2D eigenvalue weighted by atomic mass is 9.91. The number of fused-ring (bicyclic) bond motifs is 1. The quantitative estimate of drug-likeness (QED) is 0.926. The Balaban J connectivity index is 1.67. The number of nitrogens with zero attached hydrogens (tertiary/aromatic N) is 2. The molecule has 4 rings (SSSR count). The summed E-state index contributed by atoms with van der Waals surface area (Å²) < 4.78 is 10.6. The summed E-state index contributed by atoms with van der Waals surface area (Å²) in [6.45, 7) is 3.12. The van der Waals surface area contributed by atoms with Gasteiger partial charge in [-0.15, -0.1) is 0 Å². The Hall–Kier alpha value is -2.12. The van der Waals surface area contributed by atoms with Gasteiger partial charge in [-0.25, -0.2) is 4.98 Å². The highest BCUT2D eigenvalue weighted by atomic mass is 32.1. The van der Waals surface area contributed by atoms with E-state index in [0.29, 0.717) is 12.2 Å². The first-order valence-electron chi connectivity index (χ1n) is 8.02. The Bertz CT molecular complexity index is 738. The van der Waals surface area contributed by atoms with Crippen LogP contribution in [0.2, 0.25) is 0 Å². The average Bonchev–Trinajstić information content (AvgIpc) is 3.06. The summed E-state index contributed by atoms with van der Waals surface area (Å²) in [5.41, 5.74) is 1.11. The van der Waals surface area contributed by atoms with E-state index in [0.717, 1.165) is 47.6 Å². The number of carbonyl (C=O) groups is 1. The van der Waals surface area contributed by atoms with Crippen LogP contribution in [0, 0.1) is 0 Å². The smallest absolute Gasteiger partial charge is 0.226 e. The van der Waals surface area contributed by atoms with Crippen LogP contribution in [0.15, 0.2) is 24.3 Å². The van der Waals surface area contributed by atoms with Crippen LogP contribution in [-0.2, 0) is 9.53 Å². The van der Waals surface area contributed by atoms with E-state index in [1.807, 2.05) is 24.3 Å². The van der Waals surface area contributed by atoms with Crippen LogP contribution in [0.3, 0.4) is 0 Å². The minimum atomic E-state index is 0.0159. The van der Waals surface area contributed by atoms with Crippen molar-refractivity contribution in [3.63, 3.8) is 0 Å². The van der Waals surface area contributed by atoms with E-state index in [1.54, 1.807) is 18.4 Å². The van der Waals surface area contributed by atoms with Crippen molar-refractivity contribution < 1.29 is 14.3 Å². The molecule has 1 fully saturated rings. The fraction of sp³-hybridized carbons (Fsp3) is 0.412. The molecule has 0 aliphatic carbocycles. The minimum absolute atomic E-state index is 0.0159. The molecule has 1 N–H and O–H groups in total. The van der Waals surface area contributed by atoms with Gasteiger partial charge in [-0.05, 0) is 17.7 Å². The highest BCUT2D eigenvalue weighted by molar-refractivity contribution is 7.16. The lowest BCUT2D eigenvalue weighted by molar-refractivity contribution is -0.116. The van der Waals surface area contributed by atoms with Crippen LogP contribution in [0.1, 0.15) is 22.8 Å². The van der Waals surface area contributed by atoms with Gasteiger partial charge in [0.15, 0.2) is 5.13 Å². The van der Waals surface area contributed by atoms with Gasteiger partial charge < -0.3 is 19.7 Å². The van der Waals surface area contributed by atoms with E-state index in [2.05, 4.69) is 15.2 Å².